The molecule has 0 aliphatic heterocycles. The van der Waals surface area contributed by atoms with Gasteiger partial charge in [0.15, 0.2) is 5.76 Å². The van der Waals surface area contributed by atoms with E-state index in [1.54, 1.807) is 13.2 Å². The Morgan fingerprint density at radius 3 is 2.52 bits per heavy atom. The lowest BCUT2D eigenvalue weighted by Gasteiger charge is -1.98. The molecule has 3 nitrogen and oxygen atoms in total. The van der Waals surface area contributed by atoms with Gasteiger partial charge in [-0.15, -0.1) is 0 Å². The van der Waals surface area contributed by atoms with Crippen LogP contribution in [0.2, 0.25) is 0 Å². The fraction of sp³-hybridized carbons (Fsp3) is 0.118. The number of methoxy groups -OCH3 is 1. The number of fused-ring (bicyclic) bond motifs is 1. The van der Waals surface area contributed by atoms with E-state index in [-0.39, 0.29) is 17.4 Å². The number of hydrogen-bond donors (Lipinski definition) is 0. The molecule has 3 aromatic rings. The molecule has 106 valence electrons. The monoisotopic (exact) mass is 284 g/mol. The van der Waals surface area contributed by atoms with Gasteiger partial charge in [-0.1, -0.05) is 0 Å². The topological polar surface area (TPSA) is 39.4 Å². The normalized spacial score (nSPS) is 10.8. The largest absolute Gasteiger partial charge is 0.497 e. The van der Waals surface area contributed by atoms with Crippen molar-refractivity contribution in [2.24, 2.45) is 0 Å². The van der Waals surface area contributed by atoms with Crippen LogP contribution in [-0.4, -0.2) is 12.9 Å². The van der Waals surface area contributed by atoms with E-state index in [0.717, 1.165) is 10.9 Å². The smallest absolute Gasteiger partial charge is 0.228 e. The summed E-state index contributed by atoms with van der Waals surface area (Å²) in [6.07, 6.45) is 0. The Hall–Kier alpha value is -2.62. The van der Waals surface area contributed by atoms with Crippen molar-refractivity contribution in [3.63, 3.8) is 0 Å². The van der Waals surface area contributed by atoms with Crippen molar-refractivity contribution in [1.82, 2.24) is 0 Å². The van der Waals surface area contributed by atoms with Gasteiger partial charge >= 0.3 is 0 Å². The van der Waals surface area contributed by atoms with Crippen molar-refractivity contribution in [1.29, 1.82) is 0 Å². The molecule has 0 aliphatic rings. The molecular formula is C17H13FO3. The first kappa shape index (κ1) is 13.4. The zero-order valence-corrected chi connectivity index (χ0v) is 11.6. The predicted molar refractivity (Wildman–Crippen MR) is 77.3 cm³/mol. The minimum atomic E-state index is -0.377. The summed E-state index contributed by atoms with van der Waals surface area (Å²) < 4.78 is 23.7. The first-order valence-electron chi connectivity index (χ1n) is 6.47. The van der Waals surface area contributed by atoms with Crippen LogP contribution in [-0.2, 0) is 0 Å². The highest BCUT2D eigenvalue weighted by Gasteiger charge is 2.19. The summed E-state index contributed by atoms with van der Waals surface area (Å²) in [4.78, 5) is 12.5. The Bertz CT molecular complexity index is 816. The molecule has 21 heavy (non-hydrogen) atoms. The predicted octanol–water partition coefficient (Wildman–Crippen LogP) is 4.12. The number of furan rings is 1. The SMILES string of the molecule is COc1ccc2c(C)c(C(=O)c3ccc(F)cc3)oc2c1. The molecule has 0 aliphatic carbocycles. The highest BCUT2D eigenvalue weighted by Crippen LogP contribution is 2.29. The van der Waals surface area contributed by atoms with Crippen molar-refractivity contribution in [3.05, 3.63) is 65.2 Å². The molecule has 0 unspecified atom stereocenters. The molecule has 0 fully saturated rings. The van der Waals surface area contributed by atoms with Crippen molar-refractivity contribution in [3.8, 4) is 5.75 Å². The molecule has 0 bridgehead atoms. The average Bonchev–Trinajstić information content (AvgIpc) is 2.83. The second-order valence-electron chi connectivity index (χ2n) is 4.75. The number of halogens is 1. The van der Waals surface area contributed by atoms with Gasteiger partial charge in [-0.2, -0.15) is 0 Å². The maximum absolute atomic E-state index is 12.9. The van der Waals surface area contributed by atoms with E-state index in [4.69, 9.17) is 9.15 Å². The van der Waals surface area contributed by atoms with Gasteiger partial charge < -0.3 is 9.15 Å². The van der Waals surface area contributed by atoms with Gasteiger partial charge in [0.1, 0.15) is 17.1 Å². The summed E-state index contributed by atoms with van der Waals surface area (Å²) in [5.74, 6) is 0.294. The molecule has 0 N–H and O–H groups in total. The van der Waals surface area contributed by atoms with Crippen LogP contribution in [0.4, 0.5) is 4.39 Å². The van der Waals surface area contributed by atoms with E-state index < -0.39 is 0 Å². The van der Waals surface area contributed by atoms with Gasteiger partial charge in [0, 0.05) is 22.6 Å². The molecule has 0 saturated carbocycles. The Labute approximate surface area is 120 Å². The molecule has 0 amide bonds. The molecular weight excluding hydrogens is 271 g/mol. The van der Waals surface area contributed by atoms with Crippen molar-refractivity contribution < 1.29 is 18.3 Å². The van der Waals surface area contributed by atoms with Gasteiger partial charge in [0.25, 0.3) is 0 Å². The molecule has 4 heteroatoms. The minimum Gasteiger partial charge on any atom is -0.497 e. The fourth-order valence-electron chi connectivity index (χ4n) is 2.28. The van der Waals surface area contributed by atoms with Crippen LogP contribution in [0.15, 0.2) is 46.9 Å². The van der Waals surface area contributed by atoms with E-state index in [1.165, 1.54) is 24.3 Å². The average molecular weight is 284 g/mol. The van der Waals surface area contributed by atoms with Crippen molar-refractivity contribution in [2.45, 2.75) is 6.92 Å². The summed E-state index contributed by atoms with van der Waals surface area (Å²) in [5, 5.41) is 0.862. The molecule has 1 heterocycles. The van der Waals surface area contributed by atoms with Crippen LogP contribution in [0.3, 0.4) is 0 Å². The highest BCUT2D eigenvalue weighted by atomic mass is 19.1. The molecule has 0 radical (unpaired) electrons. The number of ketones is 1. The Kier molecular flexibility index (Phi) is 3.22. The zero-order valence-electron chi connectivity index (χ0n) is 11.6. The van der Waals surface area contributed by atoms with Gasteiger partial charge in [-0.25, -0.2) is 4.39 Å². The first-order chi connectivity index (χ1) is 10.1. The van der Waals surface area contributed by atoms with Crippen LogP contribution in [0.5, 0.6) is 5.75 Å². The molecule has 2 aromatic carbocycles. The quantitative estimate of drug-likeness (QED) is 0.679. The molecule has 1 aromatic heterocycles. The number of benzene rings is 2. The number of carbonyl (C=O) groups excluding carboxylic acids is 1. The summed E-state index contributed by atoms with van der Waals surface area (Å²) in [6.45, 7) is 1.83. The maximum Gasteiger partial charge on any atom is 0.228 e. The molecule has 0 spiro atoms. The van der Waals surface area contributed by atoms with Gasteiger partial charge in [-0.05, 0) is 43.3 Å². The lowest BCUT2D eigenvalue weighted by molar-refractivity contribution is 0.101. The number of rotatable bonds is 3. The maximum atomic E-state index is 12.9. The third-order valence-electron chi connectivity index (χ3n) is 3.46. The number of carbonyl (C=O) groups is 1. The second kappa shape index (κ2) is 5.05. The van der Waals surface area contributed by atoms with E-state index in [1.807, 2.05) is 19.1 Å². The lowest BCUT2D eigenvalue weighted by Crippen LogP contribution is -2.01. The van der Waals surface area contributed by atoms with Gasteiger partial charge in [0.2, 0.25) is 5.78 Å². The van der Waals surface area contributed by atoms with Crippen LogP contribution >= 0.6 is 0 Å². The van der Waals surface area contributed by atoms with Crippen LogP contribution in [0.1, 0.15) is 21.7 Å². The standard InChI is InChI=1S/C17H13FO3/c1-10-14-8-7-13(20-2)9-15(14)21-17(10)16(19)11-3-5-12(18)6-4-11/h3-9H,1-2H3. The summed E-state index contributed by atoms with van der Waals surface area (Å²) in [6, 6.07) is 10.8. The highest BCUT2D eigenvalue weighted by molar-refractivity contribution is 6.10. The minimum absolute atomic E-state index is 0.261. The van der Waals surface area contributed by atoms with E-state index in [0.29, 0.717) is 16.9 Å². The fourth-order valence-corrected chi connectivity index (χ4v) is 2.28. The van der Waals surface area contributed by atoms with Crippen LogP contribution in [0.25, 0.3) is 11.0 Å². The van der Waals surface area contributed by atoms with Gasteiger partial charge in [-0.3, -0.25) is 4.79 Å². The first-order valence-corrected chi connectivity index (χ1v) is 6.47. The molecule has 3 rings (SSSR count). The number of ether oxygens (including phenoxy) is 1. The summed E-state index contributed by atoms with van der Waals surface area (Å²) >= 11 is 0. The Balaban J connectivity index is 2.09. The van der Waals surface area contributed by atoms with E-state index in [9.17, 15) is 9.18 Å². The van der Waals surface area contributed by atoms with E-state index in [2.05, 4.69) is 0 Å². The van der Waals surface area contributed by atoms with E-state index >= 15 is 0 Å². The number of aryl methyl sites for hydroxylation is 1. The number of hydrogen-bond acceptors (Lipinski definition) is 3. The third-order valence-corrected chi connectivity index (χ3v) is 3.46. The van der Waals surface area contributed by atoms with Crippen LogP contribution in [0, 0.1) is 12.7 Å². The molecule has 0 saturated heterocycles. The summed E-state index contributed by atoms with van der Waals surface area (Å²) in [7, 11) is 1.57. The zero-order chi connectivity index (χ0) is 15.0. The Morgan fingerprint density at radius 1 is 1.14 bits per heavy atom. The van der Waals surface area contributed by atoms with Crippen molar-refractivity contribution >= 4 is 16.8 Å². The second-order valence-corrected chi connectivity index (χ2v) is 4.75. The molecule has 0 atom stereocenters. The summed E-state index contributed by atoms with van der Waals surface area (Å²) in [5.41, 5.74) is 1.75. The van der Waals surface area contributed by atoms with Gasteiger partial charge in [0.05, 0.1) is 7.11 Å². The van der Waals surface area contributed by atoms with Crippen LogP contribution < -0.4 is 4.74 Å². The Morgan fingerprint density at radius 2 is 1.86 bits per heavy atom. The van der Waals surface area contributed by atoms with Crippen molar-refractivity contribution in [2.75, 3.05) is 7.11 Å². The lowest BCUT2D eigenvalue weighted by atomic mass is 10.0. The third kappa shape index (κ3) is 2.29.